The van der Waals surface area contributed by atoms with Crippen molar-refractivity contribution >= 4 is 29.2 Å². The number of hydrogen-bond donors (Lipinski definition) is 0. The summed E-state index contributed by atoms with van der Waals surface area (Å²) in [4.78, 5) is 2.21. The van der Waals surface area contributed by atoms with Crippen LogP contribution in [0, 0.1) is 0 Å². The molecule has 0 aliphatic carbocycles. The van der Waals surface area contributed by atoms with E-state index in [1.165, 1.54) is 0 Å². The minimum absolute atomic E-state index is 0.579. The van der Waals surface area contributed by atoms with Gasteiger partial charge < -0.3 is 0 Å². The third-order valence-electron chi connectivity index (χ3n) is 0.886. The first-order valence-electron chi connectivity index (χ1n) is 3.58. The molecule has 0 amide bonds. The van der Waals surface area contributed by atoms with Crippen molar-refractivity contribution in [3.05, 3.63) is 22.2 Å². The van der Waals surface area contributed by atoms with Gasteiger partial charge in [-0.25, -0.2) is 0 Å². The van der Waals surface area contributed by atoms with Crippen molar-refractivity contribution in [2.24, 2.45) is 0 Å². The van der Waals surface area contributed by atoms with Gasteiger partial charge in [0.25, 0.3) is 0 Å². The Hall–Kier alpha value is 0.303. The Balaban J connectivity index is 3.90. The molecule has 0 unspecified atom stereocenters. The van der Waals surface area contributed by atoms with E-state index in [1.54, 1.807) is 6.08 Å². The first-order valence-corrected chi connectivity index (χ1v) is 11.9. The van der Waals surface area contributed by atoms with Gasteiger partial charge in [-0.15, -0.1) is 0 Å². The molecule has 11 heavy (non-hydrogen) atoms. The zero-order valence-corrected chi connectivity index (χ0v) is 11.0. The summed E-state index contributed by atoms with van der Waals surface area (Å²) in [6.07, 6.45) is 1.74. The molecule has 64 valence electrons. The molecule has 0 rings (SSSR count). The van der Waals surface area contributed by atoms with Gasteiger partial charge in [-0.3, -0.25) is 0 Å². The van der Waals surface area contributed by atoms with Crippen LogP contribution in [-0.4, -0.2) is 19.9 Å². The average molecular weight is 280 g/mol. The van der Waals surface area contributed by atoms with E-state index < -0.39 is 13.3 Å². The van der Waals surface area contributed by atoms with Crippen LogP contribution in [0.25, 0.3) is 0 Å². The predicted octanol–water partition coefficient (Wildman–Crippen LogP) is 3.30. The van der Waals surface area contributed by atoms with Gasteiger partial charge in [0, 0.05) is 0 Å². The fourth-order valence-electron chi connectivity index (χ4n) is 0.521. The van der Waals surface area contributed by atoms with Gasteiger partial charge >= 0.3 is 80.0 Å². The van der Waals surface area contributed by atoms with Crippen LogP contribution < -0.4 is 0 Å². The van der Waals surface area contributed by atoms with Gasteiger partial charge in [0.15, 0.2) is 0 Å². The average Bonchev–Trinajstić information content (AvgIpc) is 1.79. The Morgan fingerprint density at radius 1 is 1.55 bits per heavy atom. The SMILES string of the molecule is C=CCO/C(Br)=[CH]\[Ge]([CH3])([CH3])[CH3]. The second kappa shape index (κ2) is 5.04. The molecule has 0 N–H and O–H groups in total. The van der Waals surface area contributed by atoms with E-state index in [0.717, 1.165) is 4.67 Å². The molecular formula is C8H15BrGeO. The van der Waals surface area contributed by atoms with Crippen molar-refractivity contribution in [3.8, 4) is 0 Å². The number of rotatable bonds is 4. The Labute approximate surface area is 80.0 Å². The normalized spacial score (nSPS) is 12.9. The summed E-state index contributed by atoms with van der Waals surface area (Å²) >= 11 is 1.76. The van der Waals surface area contributed by atoms with E-state index >= 15 is 0 Å². The Morgan fingerprint density at radius 2 is 2.09 bits per heavy atom. The third-order valence-corrected chi connectivity index (χ3v) is 4.60. The molecule has 0 aliphatic rings. The van der Waals surface area contributed by atoms with Crippen molar-refractivity contribution in [2.75, 3.05) is 6.61 Å². The molecule has 0 fully saturated rings. The van der Waals surface area contributed by atoms with E-state index in [2.05, 4.69) is 44.7 Å². The van der Waals surface area contributed by atoms with Crippen LogP contribution in [0.1, 0.15) is 0 Å². The Morgan fingerprint density at radius 3 is 2.45 bits per heavy atom. The molecule has 1 nitrogen and oxygen atoms in total. The molecule has 0 aromatic carbocycles. The molecule has 3 heteroatoms. The standard InChI is InChI=1S/C8H15BrGeO/c1-5-6-11-8(9)7-10(2,3)4/h5,7H,1,6H2,2-4H3/b8-7-. The summed E-state index contributed by atoms with van der Waals surface area (Å²) in [6, 6.07) is 0. The predicted molar refractivity (Wildman–Crippen MR) is 56.5 cm³/mol. The van der Waals surface area contributed by atoms with Crippen molar-refractivity contribution < 1.29 is 4.74 Å². The fourth-order valence-corrected chi connectivity index (χ4v) is 5.82. The molecule has 0 aromatic rings. The van der Waals surface area contributed by atoms with Gasteiger partial charge in [-0.05, 0) is 0 Å². The van der Waals surface area contributed by atoms with Crippen molar-refractivity contribution in [1.29, 1.82) is 0 Å². The summed E-state index contributed by atoms with van der Waals surface area (Å²) in [7, 11) is 0. The molecule has 0 heterocycles. The van der Waals surface area contributed by atoms with Crippen molar-refractivity contribution in [2.45, 2.75) is 17.3 Å². The summed E-state index contributed by atoms with van der Waals surface area (Å²) in [5.41, 5.74) is 0. The zero-order chi connectivity index (χ0) is 8.91. The second-order valence-electron chi connectivity index (χ2n) is 3.41. The molecule has 0 spiro atoms. The monoisotopic (exact) mass is 280 g/mol. The van der Waals surface area contributed by atoms with Gasteiger partial charge in [0.2, 0.25) is 0 Å². The Kier molecular flexibility index (Phi) is 5.18. The van der Waals surface area contributed by atoms with Crippen molar-refractivity contribution in [3.63, 3.8) is 0 Å². The third kappa shape index (κ3) is 8.21. The van der Waals surface area contributed by atoms with Crippen LogP contribution in [0.3, 0.4) is 0 Å². The summed E-state index contributed by atoms with van der Waals surface area (Å²) in [6.45, 7) is 4.15. The molecule has 0 saturated carbocycles. The first kappa shape index (κ1) is 11.3. The molecule has 0 saturated heterocycles. The number of hydrogen-bond acceptors (Lipinski definition) is 1. The molecule has 0 radical (unpaired) electrons. The van der Waals surface area contributed by atoms with Crippen molar-refractivity contribution in [1.82, 2.24) is 0 Å². The zero-order valence-electron chi connectivity index (χ0n) is 7.36. The molecular weight excluding hydrogens is 265 g/mol. The maximum absolute atomic E-state index is 5.27. The van der Waals surface area contributed by atoms with Crippen LogP contribution in [0.5, 0.6) is 0 Å². The van der Waals surface area contributed by atoms with E-state index in [1.807, 2.05) is 0 Å². The number of ether oxygens (including phenoxy) is 1. The van der Waals surface area contributed by atoms with E-state index in [9.17, 15) is 0 Å². The minimum atomic E-state index is -1.59. The van der Waals surface area contributed by atoms with E-state index in [0.29, 0.717) is 6.61 Å². The van der Waals surface area contributed by atoms with E-state index in [-0.39, 0.29) is 0 Å². The van der Waals surface area contributed by atoms with Crippen LogP contribution in [-0.2, 0) is 4.74 Å². The molecule has 0 aliphatic heterocycles. The first-order chi connectivity index (χ1) is 4.95. The van der Waals surface area contributed by atoms with Gasteiger partial charge in [0.05, 0.1) is 0 Å². The Bertz CT molecular complexity index is 158. The second-order valence-corrected chi connectivity index (χ2v) is 14.7. The maximum atomic E-state index is 5.27. The summed E-state index contributed by atoms with van der Waals surface area (Å²) in [5.74, 6) is 6.91. The summed E-state index contributed by atoms with van der Waals surface area (Å²) in [5, 5.41) is 0. The van der Waals surface area contributed by atoms with Gasteiger partial charge in [-0.2, -0.15) is 0 Å². The fraction of sp³-hybridized carbons (Fsp3) is 0.500. The summed E-state index contributed by atoms with van der Waals surface area (Å²) < 4.78 is 6.14. The van der Waals surface area contributed by atoms with Crippen LogP contribution in [0.4, 0.5) is 0 Å². The topological polar surface area (TPSA) is 9.23 Å². The van der Waals surface area contributed by atoms with Crippen LogP contribution in [0.2, 0.25) is 17.3 Å². The van der Waals surface area contributed by atoms with Crippen LogP contribution >= 0.6 is 15.9 Å². The quantitative estimate of drug-likeness (QED) is 0.436. The van der Waals surface area contributed by atoms with Crippen LogP contribution in [0.15, 0.2) is 22.2 Å². The van der Waals surface area contributed by atoms with Gasteiger partial charge in [-0.1, -0.05) is 0 Å². The number of halogens is 1. The molecule has 0 atom stereocenters. The molecule has 0 aromatic heterocycles. The van der Waals surface area contributed by atoms with Gasteiger partial charge in [0.1, 0.15) is 0 Å². The molecule has 0 bridgehead atoms. The van der Waals surface area contributed by atoms with E-state index in [4.69, 9.17) is 4.74 Å².